The van der Waals surface area contributed by atoms with E-state index < -0.39 is 0 Å². The number of carbonyl (C=O) groups is 1. The van der Waals surface area contributed by atoms with Crippen LogP contribution in [0.25, 0.3) is 10.2 Å². The third-order valence-electron chi connectivity index (χ3n) is 4.06. The summed E-state index contributed by atoms with van der Waals surface area (Å²) in [4.78, 5) is 34.3. The Morgan fingerprint density at radius 3 is 3.12 bits per heavy atom. The predicted octanol–water partition coefficient (Wildman–Crippen LogP) is 3.06. The topological polar surface area (TPSA) is 66.1 Å². The predicted molar refractivity (Wildman–Crippen MR) is 98.1 cm³/mol. The number of aromatic nitrogens is 2. The molecule has 1 aromatic carbocycles. The lowest BCUT2D eigenvalue weighted by Gasteiger charge is -2.29. The molecule has 1 aliphatic heterocycles. The zero-order valence-corrected chi connectivity index (χ0v) is 14.5. The Morgan fingerprint density at radius 2 is 2.21 bits per heavy atom. The van der Waals surface area contributed by atoms with Crippen molar-refractivity contribution >= 4 is 44.9 Å². The first-order valence-electron chi connectivity index (χ1n) is 7.71. The van der Waals surface area contributed by atoms with Crippen molar-refractivity contribution in [2.45, 2.75) is 18.0 Å². The van der Waals surface area contributed by atoms with Crippen LogP contribution in [-0.4, -0.2) is 28.2 Å². The molecule has 0 unspecified atom stereocenters. The smallest absolute Gasteiger partial charge is 0.260 e. The van der Waals surface area contributed by atoms with Gasteiger partial charge in [-0.1, -0.05) is 30.0 Å². The van der Waals surface area contributed by atoms with Crippen LogP contribution in [0.15, 0.2) is 45.7 Å². The highest BCUT2D eigenvalue weighted by Crippen LogP contribution is 2.28. The van der Waals surface area contributed by atoms with Gasteiger partial charge in [0.25, 0.3) is 5.56 Å². The molecule has 1 amide bonds. The van der Waals surface area contributed by atoms with Crippen LogP contribution < -0.4 is 10.5 Å². The summed E-state index contributed by atoms with van der Waals surface area (Å²) in [6, 6.07) is 9.80. The zero-order valence-electron chi connectivity index (χ0n) is 12.8. The van der Waals surface area contributed by atoms with Crippen LogP contribution in [0.1, 0.15) is 12.0 Å². The van der Waals surface area contributed by atoms with Gasteiger partial charge in [-0.2, -0.15) is 0 Å². The Bertz CT molecular complexity index is 964. The van der Waals surface area contributed by atoms with Gasteiger partial charge in [0.15, 0.2) is 5.16 Å². The zero-order chi connectivity index (χ0) is 16.5. The van der Waals surface area contributed by atoms with Crippen molar-refractivity contribution in [1.29, 1.82) is 0 Å². The largest absolute Gasteiger partial charge is 0.311 e. The van der Waals surface area contributed by atoms with Crippen molar-refractivity contribution in [2.75, 3.05) is 17.2 Å². The summed E-state index contributed by atoms with van der Waals surface area (Å²) in [5.41, 5.74) is 2.07. The number of thioether (sulfide) groups is 1. The Kier molecular flexibility index (Phi) is 4.12. The number of H-pyrrole nitrogens is 1. The summed E-state index contributed by atoms with van der Waals surface area (Å²) in [6.45, 7) is 0.740. The maximum atomic E-state index is 12.6. The van der Waals surface area contributed by atoms with Crippen LogP contribution in [0.3, 0.4) is 0 Å². The first-order valence-corrected chi connectivity index (χ1v) is 9.57. The molecule has 2 aromatic heterocycles. The van der Waals surface area contributed by atoms with E-state index in [1.54, 1.807) is 6.07 Å². The van der Waals surface area contributed by atoms with Crippen LogP contribution in [-0.2, 0) is 11.2 Å². The molecule has 0 fully saturated rings. The quantitative estimate of drug-likeness (QED) is 0.578. The molecule has 122 valence electrons. The summed E-state index contributed by atoms with van der Waals surface area (Å²) >= 11 is 2.71. The van der Waals surface area contributed by atoms with Gasteiger partial charge in [-0.05, 0) is 35.9 Å². The number of aryl methyl sites for hydroxylation is 1. The second-order valence-electron chi connectivity index (χ2n) is 5.58. The number of hydrogen-bond acceptors (Lipinski definition) is 5. The molecule has 1 aliphatic rings. The minimum atomic E-state index is -0.153. The number of rotatable bonds is 3. The van der Waals surface area contributed by atoms with E-state index in [1.807, 2.05) is 28.5 Å². The summed E-state index contributed by atoms with van der Waals surface area (Å²) in [6.07, 6.45) is 1.99. The molecule has 0 bridgehead atoms. The van der Waals surface area contributed by atoms with Crippen molar-refractivity contribution in [1.82, 2.24) is 9.97 Å². The Morgan fingerprint density at radius 1 is 1.33 bits per heavy atom. The standard InChI is InChI=1S/C17H15N3O2S2/c21-14(20-8-3-5-11-4-1-2-6-13(11)20)10-24-17-18-15(22)12-7-9-23-16(12)19-17/h1-2,4,6-7,9H,3,5,8,10H2,(H,18,19,22). The number of fused-ring (bicyclic) bond motifs is 2. The second-order valence-corrected chi connectivity index (χ2v) is 7.44. The number of amides is 1. The lowest BCUT2D eigenvalue weighted by atomic mass is 10.0. The molecule has 5 nitrogen and oxygen atoms in total. The van der Waals surface area contributed by atoms with E-state index in [0.717, 1.165) is 25.1 Å². The van der Waals surface area contributed by atoms with E-state index in [9.17, 15) is 9.59 Å². The number of benzene rings is 1. The first kappa shape index (κ1) is 15.4. The molecular weight excluding hydrogens is 342 g/mol. The van der Waals surface area contributed by atoms with Gasteiger partial charge in [-0.25, -0.2) is 4.98 Å². The highest BCUT2D eigenvalue weighted by molar-refractivity contribution is 7.99. The number of nitrogens with one attached hydrogen (secondary N) is 1. The van der Waals surface area contributed by atoms with Gasteiger partial charge in [0.1, 0.15) is 4.83 Å². The average molecular weight is 357 g/mol. The summed E-state index contributed by atoms with van der Waals surface area (Å²) in [5.74, 6) is 0.301. The van der Waals surface area contributed by atoms with E-state index in [4.69, 9.17) is 0 Å². The minimum Gasteiger partial charge on any atom is -0.311 e. The van der Waals surface area contributed by atoms with Crippen molar-refractivity contribution < 1.29 is 4.79 Å². The van der Waals surface area contributed by atoms with Gasteiger partial charge in [0, 0.05) is 12.2 Å². The molecule has 4 rings (SSSR count). The summed E-state index contributed by atoms with van der Waals surface area (Å²) in [7, 11) is 0. The molecule has 0 atom stereocenters. The van der Waals surface area contributed by atoms with E-state index in [2.05, 4.69) is 16.0 Å². The van der Waals surface area contributed by atoms with Crippen LogP contribution in [0.5, 0.6) is 0 Å². The van der Waals surface area contributed by atoms with Crippen molar-refractivity contribution in [3.05, 3.63) is 51.6 Å². The van der Waals surface area contributed by atoms with Gasteiger partial charge in [-0.3, -0.25) is 9.59 Å². The average Bonchev–Trinajstić information content (AvgIpc) is 3.08. The maximum absolute atomic E-state index is 12.6. The van der Waals surface area contributed by atoms with E-state index in [-0.39, 0.29) is 17.2 Å². The van der Waals surface area contributed by atoms with Crippen LogP contribution in [0, 0.1) is 0 Å². The molecule has 1 N–H and O–H groups in total. The normalized spacial score (nSPS) is 13.9. The molecule has 0 saturated carbocycles. The number of hydrogen-bond donors (Lipinski definition) is 1. The first-order chi connectivity index (χ1) is 11.7. The molecule has 7 heteroatoms. The summed E-state index contributed by atoms with van der Waals surface area (Å²) < 4.78 is 0. The van der Waals surface area contributed by atoms with Gasteiger partial charge < -0.3 is 9.88 Å². The molecule has 0 saturated heterocycles. The van der Waals surface area contributed by atoms with Crippen LogP contribution in [0.2, 0.25) is 0 Å². The summed E-state index contributed by atoms with van der Waals surface area (Å²) in [5, 5.41) is 2.94. The lowest BCUT2D eigenvalue weighted by Crippen LogP contribution is -2.36. The molecular formula is C17H15N3O2S2. The molecule has 24 heavy (non-hydrogen) atoms. The number of thiophene rings is 1. The number of nitrogens with zero attached hydrogens (tertiary/aromatic N) is 2. The Balaban J connectivity index is 1.51. The van der Waals surface area contributed by atoms with Crippen LogP contribution in [0.4, 0.5) is 5.69 Å². The molecule has 3 aromatic rings. The third-order valence-corrected chi connectivity index (χ3v) is 5.72. The fraction of sp³-hybridized carbons (Fsp3) is 0.235. The van der Waals surface area contributed by atoms with Gasteiger partial charge >= 0.3 is 0 Å². The van der Waals surface area contributed by atoms with Crippen molar-refractivity contribution in [3.8, 4) is 0 Å². The molecule has 0 aliphatic carbocycles. The molecule has 0 spiro atoms. The third kappa shape index (κ3) is 2.85. The van der Waals surface area contributed by atoms with Crippen LogP contribution >= 0.6 is 23.1 Å². The van der Waals surface area contributed by atoms with Crippen molar-refractivity contribution in [3.63, 3.8) is 0 Å². The number of para-hydroxylation sites is 1. The van der Waals surface area contributed by atoms with Gasteiger partial charge in [0.05, 0.1) is 11.1 Å². The van der Waals surface area contributed by atoms with Gasteiger partial charge in [-0.15, -0.1) is 11.3 Å². The fourth-order valence-corrected chi connectivity index (χ4v) is 4.47. The lowest BCUT2D eigenvalue weighted by molar-refractivity contribution is -0.116. The Labute approximate surface area is 146 Å². The highest BCUT2D eigenvalue weighted by atomic mass is 32.2. The SMILES string of the molecule is O=C(CSc1nc2sccc2c(=O)[nH]1)N1CCCc2ccccc21. The van der Waals surface area contributed by atoms with E-state index in [0.29, 0.717) is 15.4 Å². The van der Waals surface area contributed by atoms with E-state index >= 15 is 0 Å². The monoisotopic (exact) mass is 357 g/mol. The Hall–Kier alpha value is -2.12. The van der Waals surface area contributed by atoms with Gasteiger partial charge in [0.2, 0.25) is 5.91 Å². The van der Waals surface area contributed by atoms with Crippen molar-refractivity contribution in [2.24, 2.45) is 0 Å². The number of aromatic amines is 1. The fourth-order valence-electron chi connectivity index (χ4n) is 2.91. The van der Waals surface area contributed by atoms with E-state index in [1.165, 1.54) is 28.7 Å². The minimum absolute atomic E-state index is 0.0427. The number of anilines is 1. The molecule has 0 radical (unpaired) electrons. The maximum Gasteiger partial charge on any atom is 0.260 e. The number of carbonyl (C=O) groups excluding carboxylic acids is 1. The highest BCUT2D eigenvalue weighted by Gasteiger charge is 2.22. The molecule has 3 heterocycles. The second kappa shape index (κ2) is 6.41.